The Morgan fingerprint density at radius 2 is 1.72 bits per heavy atom. The third kappa shape index (κ3) is 6.34. The first-order valence-corrected chi connectivity index (χ1v) is 10.6. The predicted octanol–water partition coefficient (Wildman–Crippen LogP) is 4.33. The maximum absolute atomic E-state index is 12.7. The van der Waals surface area contributed by atoms with Crippen molar-refractivity contribution < 1.29 is 9.53 Å². The van der Waals surface area contributed by atoms with Gasteiger partial charge in [0.25, 0.3) is 0 Å². The highest BCUT2D eigenvalue weighted by atomic mass is 35.5. The number of hydrogen-bond donors (Lipinski definition) is 1. The molecule has 0 aliphatic carbocycles. The van der Waals surface area contributed by atoms with Crippen LogP contribution in [0.2, 0.25) is 10.0 Å². The number of anilines is 1. The number of rotatable bonds is 7. The van der Waals surface area contributed by atoms with E-state index in [9.17, 15) is 4.79 Å². The van der Waals surface area contributed by atoms with Gasteiger partial charge in [0.1, 0.15) is 12.4 Å². The van der Waals surface area contributed by atoms with Crippen LogP contribution in [0.25, 0.3) is 0 Å². The minimum Gasteiger partial charge on any atom is -0.492 e. The highest BCUT2D eigenvalue weighted by Gasteiger charge is 2.25. The molecule has 0 spiro atoms. The molecule has 0 aromatic heterocycles. The molecule has 1 fully saturated rings. The SMILES string of the molecule is Cc1ccc(Cl)cc1NC(=O)C(C)N1CCN(CCOc2ccc(Cl)cc2)CC1. The number of nitrogens with zero attached hydrogens (tertiary/aromatic N) is 2. The minimum absolute atomic E-state index is 0.00473. The number of ether oxygens (including phenoxy) is 1. The third-order valence-corrected chi connectivity index (χ3v) is 5.77. The van der Waals surface area contributed by atoms with E-state index in [1.807, 2.05) is 50.2 Å². The van der Waals surface area contributed by atoms with Gasteiger partial charge in [0.05, 0.1) is 6.04 Å². The molecule has 3 rings (SSSR count). The van der Waals surface area contributed by atoms with Gasteiger partial charge < -0.3 is 10.1 Å². The summed E-state index contributed by atoms with van der Waals surface area (Å²) < 4.78 is 5.77. The van der Waals surface area contributed by atoms with Crippen molar-refractivity contribution in [3.8, 4) is 5.75 Å². The largest absolute Gasteiger partial charge is 0.492 e. The average molecular weight is 436 g/mol. The number of nitrogens with one attached hydrogen (secondary N) is 1. The fraction of sp³-hybridized carbons (Fsp3) is 0.409. The minimum atomic E-state index is -0.194. The molecule has 5 nitrogen and oxygen atoms in total. The Morgan fingerprint density at radius 3 is 2.41 bits per heavy atom. The fourth-order valence-electron chi connectivity index (χ4n) is 3.33. The highest BCUT2D eigenvalue weighted by molar-refractivity contribution is 6.31. The summed E-state index contributed by atoms with van der Waals surface area (Å²) >= 11 is 11.9. The molecule has 1 amide bonds. The second-order valence-corrected chi connectivity index (χ2v) is 8.18. The van der Waals surface area contributed by atoms with Gasteiger partial charge in [0, 0.05) is 48.5 Å². The molecule has 1 heterocycles. The van der Waals surface area contributed by atoms with Crippen molar-refractivity contribution in [1.29, 1.82) is 0 Å². The first-order valence-electron chi connectivity index (χ1n) is 9.84. The second-order valence-electron chi connectivity index (χ2n) is 7.30. The van der Waals surface area contributed by atoms with E-state index in [1.165, 1.54) is 0 Å². The summed E-state index contributed by atoms with van der Waals surface area (Å²) in [4.78, 5) is 17.2. The van der Waals surface area contributed by atoms with Crippen LogP contribution in [0.4, 0.5) is 5.69 Å². The lowest BCUT2D eigenvalue weighted by Gasteiger charge is -2.37. The lowest BCUT2D eigenvalue weighted by molar-refractivity contribution is -0.121. The molecule has 29 heavy (non-hydrogen) atoms. The Morgan fingerprint density at radius 1 is 1.07 bits per heavy atom. The number of aryl methyl sites for hydroxylation is 1. The van der Waals surface area contributed by atoms with Crippen molar-refractivity contribution in [1.82, 2.24) is 9.80 Å². The van der Waals surface area contributed by atoms with Crippen LogP contribution < -0.4 is 10.1 Å². The van der Waals surface area contributed by atoms with Gasteiger partial charge in [-0.1, -0.05) is 29.3 Å². The first kappa shape index (κ1) is 21.9. The van der Waals surface area contributed by atoms with Gasteiger partial charge in [-0.05, 0) is 55.8 Å². The van der Waals surface area contributed by atoms with Crippen LogP contribution in [-0.2, 0) is 4.79 Å². The molecule has 0 radical (unpaired) electrons. The molecule has 0 bridgehead atoms. The lowest BCUT2D eigenvalue weighted by atomic mass is 10.1. The Kier molecular flexibility index (Phi) is 7.78. The van der Waals surface area contributed by atoms with Crippen LogP contribution in [-0.4, -0.2) is 61.1 Å². The van der Waals surface area contributed by atoms with Gasteiger partial charge in [-0.3, -0.25) is 14.6 Å². The number of hydrogen-bond acceptors (Lipinski definition) is 4. The van der Waals surface area contributed by atoms with Gasteiger partial charge in [-0.25, -0.2) is 0 Å². The predicted molar refractivity (Wildman–Crippen MR) is 119 cm³/mol. The van der Waals surface area contributed by atoms with Gasteiger partial charge in [-0.2, -0.15) is 0 Å². The summed E-state index contributed by atoms with van der Waals surface area (Å²) in [7, 11) is 0. The van der Waals surface area contributed by atoms with Crippen molar-refractivity contribution in [2.24, 2.45) is 0 Å². The van der Waals surface area contributed by atoms with Crippen LogP contribution in [0.15, 0.2) is 42.5 Å². The maximum Gasteiger partial charge on any atom is 0.241 e. The number of piperazine rings is 1. The van der Waals surface area contributed by atoms with Crippen LogP contribution in [0.5, 0.6) is 5.75 Å². The van der Waals surface area contributed by atoms with E-state index in [0.717, 1.165) is 49.7 Å². The smallest absolute Gasteiger partial charge is 0.241 e. The Hall–Kier alpha value is -1.79. The van der Waals surface area contributed by atoms with Crippen molar-refractivity contribution in [2.75, 3.05) is 44.6 Å². The number of halogens is 2. The normalized spacial score (nSPS) is 16.4. The second kappa shape index (κ2) is 10.3. The van der Waals surface area contributed by atoms with Crippen molar-refractivity contribution >= 4 is 34.8 Å². The monoisotopic (exact) mass is 435 g/mol. The molecule has 1 saturated heterocycles. The van der Waals surface area contributed by atoms with E-state index in [4.69, 9.17) is 27.9 Å². The van der Waals surface area contributed by atoms with Crippen molar-refractivity contribution in [3.63, 3.8) is 0 Å². The molecule has 0 saturated carbocycles. The Balaban J connectivity index is 1.41. The van der Waals surface area contributed by atoms with Crippen LogP contribution in [0, 0.1) is 6.92 Å². The topological polar surface area (TPSA) is 44.8 Å². The zero-order valence-electron chi connectivity index (χ0n) is 16.8. The molecule has 1 aliphatic heterocycles. The van der Waals surface area contributed by atoms with Gasteiger partial charge in [0.2, 0.25) is 5.91 Å². The third-order valence-electron chi connectivity index (χ3n) is 5.28. The molecule has 1 unspecified atom stereocenters. The van der Waals surface area contributed by atoms with E-state index in [2.05, 4.69) is 15.1 Å². The zero-order valence-corrected chi connectivity index (χ0v) is 18.3. The first-order chi connectivity index (χ1) is 13.9. The van der Waals surface area contributed by atoms with E-state index in [0.29, 0.717) is 16.7 Å². The van der Waals surface area contributed by atoms with Crippen LogP contribution >= 0.6 is 23.2 Å². The number of carbonyl (C=O) groups excluding carboxylic acids is 1. The summed E-state index contributed by atoms with van der Waals surface area (Å²) in [6.45, 7) is 8.93. The fourth-order valence-corrected chi connectivity index (χ4v) is 3.63. The van der Waals surface area contributed by atoms with Gasteiger partial charge in [0.15, 0.2) is 0 Å². The van der Waals surface area contributed by atoms with E-state index in [-0.39, 0.29) is 11.9 Å². The molecule has 156 valence electrons. The zero-order chi connectivity index (χ0) is 20.8. The van der Waals surface area contributed by atoms with Crippen LogP contribution in [0.3, 0.4) is 0 Å². The molecule has 1 atom stereocenters. The summed E-state index contributed by atoms with van der Waals surface area (Å²) in [5.41, 5.74) is 1.77. The molecule has 7 heteroatoms. The lowest BCUT2D eigenvalue weighted by Crippen LogP contribution is -2.53. The maximum atomic E-state index is 12.7. The van der Waals surface area contributed by atoms with Gasteiger partial charge in [-0.15, -0.1) is 0 Å². The molecule has 2 aromatic carbocycles. The van der Waals surface area contributed by atoms with E-state index < -0.39 is 0 Å². The summed E-state index contributed by atoms with van der Waals surface area (Å²) in [5.74, 6) is 0.824. The average Bonchev–Trinajstić information content (AvgIpc) is 2.72. The molecule has 1 aliphatic rings. The highest BCUT2D eigenvalue weighted by Crippen LogP contribution is 2.21. The molecule has 1 N–H and O–H groups in total. The molecular weight excluding hydrogens is 409 g/mol. The summed E-state index contributed by atoms with van der Waals surface area (Å²) in [6.07, 6.45) is 0. The van der Waals surface area contributed by atoms with E-state index >= 15 is 0 Å². The molecule has 2 aromatic rings. The summed E-state index contributed by atoms with van der Waals surface area (Å²) in [5, 5.41) is 4.33. The summed E-state index contributed by atoms with van der Waals surface area (Å²) in [6, 6.07) is 12.7. The van der Waals surface area contributed by atoms with Crippen molar-refractivity contribution in [2.45, 2.75) is 19.9 Å². The Bertz CT molecular complexity index is 821. The number of amides is 1. The van der Waals surface area contributed by atoms with Crippen molar-refractivity contribution in [3.05, 3.63) is 58.1 Å². The standard InChI is InChI=1S/C22H27Cl2N3O2/c1-16-3-4-19(24)15-21(16)25-22(28)17(2)27-11-9-26(10-12-27)13-14-29-20-7-5-18(23)6-8-20/h3-8,15,17H,9-14H2,1-2H3,(H,25,28). The van der Waals surface area contributed by atoms with Gasteiger partial charge >= 0.3 is 0 Å². The Labute approximate surface area is 182 Å². The number of carbonyl (C=O) groups is 1. The quantitative estimate of drug-likeness (QED) is 0.702. The van der Waals surface area contributed by atoms with Crippen LogP contribution in [0.1, 0.15) is 12.5 Å². The van der Waals surface area contributed by atoms with E-state index in [1.54, 1.807) is 6.07 Å². The number of benzene rings is 2. The molecular formula is C22H27Cl2N3O2.